The predicted octanol–water partition coefficient (Wildman–Crippen LogP) is 4.90. The Morgan fingerprint density at radius 1 is 0.971 bits per heavy atom. The van der Waals surface area contributed by atoms with E-state index in [2.05, 4.69) is 26.1 Å². The second kappa shape index (κ2) is 10.9. The number of nitrogens with one attached hydrogen (secondary N) is 1. The van der Waals surface area contributed by atoms with Crippen LogP contribution in [0.25, 0.3) is 0 Å². The van der Waals surface area contributed by atoms with Gasteiger partial charge < -0.3 is 10.1 Å². The minimum absolute atomic E-state index is 0.0233. The van der Waals surface area contributed by atoms with Crippen LogP contribution in [-0.4, -0.2) is 33.7 Å². The first-order chi connectivity index (χ1) is 16.5. The van der Waals surface area contributed by atoms with E-state index in [9.17, 15) is 17.6 Å². The molecular formula is C27H31FN2O4S. The molecule has 0 unspecified atom stereocenters. The van der Waals surface area contributed by atoms with Gasteiger partial charge in [0.25, 0.3) is 5.91 Å². The van der Waals surface area contributed by atoms with Crippen molar-refractivity contribution in [3.05, 3.63) is 95.3 Å². The van der Waals surface area contributed by atoms with Gasteiger partial charge in [-0.1, -0.05) is 63.2 Å². The molecule has 0 atom stereocenters. The van der Waals surface area contributed by atoms with E-state index in [1.165, 1.54) is 18.2 Å². The summed E-state index contributed by atoms with van der Waals surface area (Å²) in [4.78, 5) is 12.5. The summed E-state index contributed by atoms with van der Waals surface area (Å²) in [6.07, 6.45) is 1.03. The van der Waals surface area contributed by atoms with Crippen LogP contribution >= 0.6 is 0 Å². The standard InChI is InChI=1S/C27H31FN2O4S/c1-27(2,3)22-9-5-8-12-25(22)34-18-17-29-26(31)21-15-13-20(14-16-21)19-30(35(4,32)33)24-11-7-6-10-23(24)28/h5-16H,17-19H2,1-4H3,(H,29,31). The minimum Gasteiger partial charge on any atom is -0.491 e. The third kappa shape index (κ3) is 7.05. The summed E-state index contributed by atoms with van der Waals surface area (Å²) in [5, 5.41) is 2.83. The van der Waals surface area contributed by atoms with Crippen LogP contribution in [0.2, 0.25) is 0 Å². The van der Waals surface area contributed by atoms with Gasteiger partial charge in [0.15, 0.2) is 0 Å². The molecule has 35 heavy (non-hydrogen) atoms. The van der Waals surface area contributed by atoms with Crippen LogP contribution in [-0.2, 0) is 22.0 Å². The third-order valence-corrected chi connectivity index (χ3v) is 6.53. The number of halogens is 1. The molecule has 0 saturated carbocycles. The predicted molar refractivity (Wildman–Crippen MR) is 137 cm³/mol. The molecule has 0 fully saturated rings. The lowest BCUT2D eigenvalue weighted by Crippen LogP contribution is -2.30. The summed E-state index contributed by atoms with van der Waals surface area (Å²) in [5.74, 6) is -0.0940. The zero-order valence-electron chi connectivity index (χ0n) is 20.4. The summed E-state index contributed by atoms with van der Waals surface area (Å²) >= 11 is 0. The lowest BCUT2D eigenvalue weighted by atomic mass is 9.86. The highest BCUT2D eigenvalue weighted by Crippen LogP contribution is 2.30. The van der Waals surface area contributed by atoms with Gasteiger partial charge >= 0.3 is 0 Å². The normalized spacial score (nSPS) is 11.7. The van der Waals surface area contributed by atoms with E-state index in [1.54, 1.807) is 30.3 Å². The minimum atomic E-state index is -3.72. The van der Waals surface area contributed by atoms with Gasteiger partial charge in [-0.05, 0) is 46.9 Å². The molecule has 0 radical (unpaired) electrons. The lowest BCUT2D eigenvalue weighted by molar-refractivity contribution is 0.0946. The smallest absolute Gasteiger partial charge is 0.251 e. The van der Waals surface area contributed by atoms with Gasteiger partial charge in [-0.2, -0.15) is 0 Å². The molecule has 1 amide bonds. The van der Waals surface area contributed by atoms with Gasteiger partial charge in [-0.25, -0.2) is 12.8 Å². The average Bonchev–Trinajstić information content (AvgIpc) is 2.80. The molecule has 0 saturated heterocycles. The fourth-order valence-corrected chi connectivity index (χ4v) is 4.49. The van der Waals surface area contributed by atoms with Crippen molar-refractivity contribution in [3.8, 4) is 5.75 Å². The van der Waals surface area contributed by atoms with Gasteiger partial charge in [-0.3, -0.25) is 9.10 Å². The molecule has 0 spiro atoms. The van der Waals surface area contributed by atoms with Crippen LogP contribution in [0.5, 0.6) is 5.75 Å². The number of benzene rings is 3. The maximum Gasteiger partial charge on any atom is 0.251 e. The number of para-hydroxylation sites is 2. The van der Waals surface area contributed by atoms with Crippen LogP contribution in [0.1, 0.15) is 42.3 Å². The van der Waals surface area contributed by atoms with E-state index in [0.29, 0.717) is 24.3 Å². The van der Waals surface area contributed by atoms with Crippen molar-refractivity contribution in [1.29, 1.82) is 0 Å². The number of ether oxygens (including phenoxy) is 1. The summed E-state index contributed by atoms with van der Waals surface area (Å²) in [6.45, 7) is 6.95. The van der Waals surface area contributed by atoms with Gasteiger partial charge in [0, 0.05) is 5.56 Å². The molecule has 186 valence electrons. The SMILES string of the molecule is CC(C)(C)c1ccccc1OCCNC(=O)c1ccc(CN(c2ccccc2F)S(C)(=O)=O)cc1. The van der Waals surface area contributed by atoms with Crippen LogP contribution in [0, 0.1) is 5.82 Å². The molecule has 0 aliphatic rings. The molecule has 3 aromatic carbocycles. The summed E-state index contributed by atoms with van der Waals surface area (Å²) in [7, 11) is -3.72. The highest BCUT2D eigenvalue weighted by molar-refractivity contribution is 7.92. The third-order valence-electron chi connectivity index (χ3n) is 5.40. The summed E-state index contributed by atoms with van der Waals surface area (Å²) in [6, 6.07) is 20.1. The van der Waals surface area contributed by atoms with Gasteiger partial charge in [-0.15, -0.1) is 0 Å². The van der Waals surface area contributed by atoms with E-state index in [-0.39, 0.29) is 23.6 Å². The monoisotopic (exact) mass is 498 g/mol. The Labute approximate surface area is 206 Å². The molecule has 3 rings (SSSR count). The number of sulfonamides is 1. The lowest BCUT2D eigenvalue weighted by Gasteiger charge is -2.23. The van der Waals surface area contributed by atoms with Crippen molar-refractivity contribution < 1.29 is 22.3 Å². The zero-order chi connectivity index (χ0) is 25.6. The van der Waals surface area contributed by atoms with Crippen molar-refractivity contribution in [2.45, 2.75) is 32.7 Å². The van der Waals surface area contributed by atoms with Crippen molar-refractivity contribution in [2.75, 3.05) is 23.7 Å². The molecule has 0 bridgehead atoms. The average molecular weight is 499 g/mol. The first kappa shape index (κ1) is 26.2. The molecular weight excluding hydrogens is 467 g/mol. The largest absolute Gasteiger partial charge is 0.491 e. The van der Waals surface area contributed by atoms with Crippen molar-refractivity contribution in [3.63, 3.8) is 0 Å². The molecule has 0 heterocycles. The first-order valence-electron chi connectivity index (χ1n) is 11.3. The Morgan fingerprint density at radius 2 is 1.60 bits per heavy atom. The number of anilines is 1. The number of nitrogens with zero attached hydrogens (tertiary/aromatic N) is 1. The number of rotatable bonds is 9. The second-order valence-electron chi connectivity index (χ2n) is 9.27. The Hall–Kier alpha value is -3.39. The Bertz CT molecular complexity index is 1270. The number of carbonyl (C=O) groups is 1. The number of hydrogen-bond donors (Lipinski definition) is 1. The Kier molecular flexibility index (Phi) is 8.17. The van der Waals surface area contributed by atoms with Crippen molar-refractivity contribution in [1.82, 2.24) is 5.32 Å². The van der Waals surface area contributed by atoms with E-state index >= 15 is 0 Å². The van der Waals surface area contributed by atoms with E-state index < -0.39 is 15.8 Å². The molecule has 8 heteroatoms. The quantitative estimate of drug-likeness (QED) is 0.426. The maximum absolute atomic E-state index is 14.2. The topological polar surface area (TPSA) is 75.7 Å². The van der Waals surface area contributed by atoms with Crippen LogP contribution in [0.3, 0.4) is 0 Å². The zero-order valence-corrected chi connectivity index (χ0v) is 21.2. The molecule has 0 aliphatic carbocycles. The second-order valence-corrected chi connectivity index (χ2v) is 11.2. The first-order valence-corrected chi connectivity index (χ1v) is 13.1. The fraction of sp³-hybridized carbons (Fsp3) is 0.296. The maximum atomic E-state index is 14.2. The Morgan fingerprint density at radius 3 is 2.23 bits per heavy atom. The van der Waals surface area contributed by atoms with Crippen LogP contribution in [0.4, 0.5) is 10.1 Å². The van der Waals surface area contributed by atoms with Crippen molar-refractivity contribution in [2.24, 2.45) is 0 Å². The van der Waals surface area contributed by atoms with Gasteiger partial charge in [0.1, 0.15) is 18.2 Å². The van der Waals surface area contributed by atoms with Crippen molar-refractivity contribution >= 4 is 21.6 Å². The number of carbonyl (C=O) groups excluding carboxylic acids is 1. The van der Waals surface area contributed by atoms with Gasteiger partial charge in [0.05, 0.1) is 25.0 Å². The number of amides is 1. The Balaban J connectivity index is 1.59. The fourth-order valence-electron chi connectivity index (χ4n) is 3.60. The highest BCUT2D eigenvalue weighted by Gasteiger charge is 2.21. The van der Waals surface area contributed by atoms with Crippen LogP contribution in [0.15, 0.2) is 72.8 Å². The molecule has 3 aromatic rings. The molecule has 1 N–H and O–H groups in total. The number of hydrogen-bond acceptors (Lipinski definition) is 4. The van der Waals surface area contributed by atoms with E-state index in [0.717, 1.165) is 21.9 Å². The summed E-state index contributed by atoms with van der Waals surface area (Å²) in [5.41, 5.74) is 2.07. The van der Waals surface area contributed by atoms with Crippen LogP contribution < -0.4 is 14.4 Å². The molecule has 6 nitrogen and oxygen atoms in total. The summed E-state index contributed by atoms with van der Waals surface area (Å²) < 4.78 is 45.6. The highest BCUT2D eigenvalue weighted by atomic mass is 32.2. The van der Waals surface area contributed by atoms with E-state index in [1.807, 2.05) is 24.3 Å². The molecule has 0 aliphatic heterocycles. The van der Waals surface area contributed by atoms with E-state index in [4.69, 9.17) is 4.74 Å². The van der Waals surface area contributed by atoms with Gasteiger partial charge in [0.2, 0.25) is 10.0 Å². The molecule has 0 aromatic heterocycles.